The van der Waals surface area contributed by atoms with Crippen molar-refractivity contribution in [1.82, 2.24) is 0 Å². The number of anilines is 2. The number of thiophene rings is 1. The highest BCUT2D eigenvalue weighted by atomic mass is 32.2. The van der Waals surface area contributed by atoms with Gasteiger partial charge in [-0.3, -0.25) is 9.59 Å². The van der Waals surface area contributed by atoms with Gasteiger partial charge in [-0.2, -0.15) is 0 Å². The molecule has 4 rings (SSSR count). The lowest BCUT2D eigenvalue weighted by atomic mass is 10.0. The minimum absolute atomic E-state index is 0.211. The fraction of sp³-hybridized carbons (Fsp3) is 0.148. The first-order valence-electron chi connectivity index (χ1n) is 11.0. The molecule has 2 heterocycles. The van der Waals surface area contributed by atoms with Crippen LogP contribution in [0.2, 0.25) is 0 Å². The Morgan fingerprint density at radius 1 is 1.03 bits per heavy atom. The van der Waals surface area contributed by atoms with Crippen molar-refractivity contribution in [2.75, 3.05) is 17.7 Å². The van der Waals surface area contributed by atoms with Crippen LogP contribution in [0.25, 0.3) is 11.1 Å². The van der Waals surface area contributed by atoms with Gasteiger partial charge in [0.15, 0.2) is 5.76 Å². The Labute approximate surface area is 216 Å². The van der Waals surface area contributed by atoms with Crippen molar-refractivity contribution in [2.24, 2.45) is 0 Å². The van der Waals surface area contributed by atoms with Gasteiger partial charge in [0.2, 0.25) is 5.91 Å². The summed E-state index contributed by atoms with van der Waals surface area (Å²) in [5, 5.41) is 7.47. The molecule has 0 spiro atoms. The monoisotopic (exact) mass is 520 g/mol. The highest BCUT2D eigenvalue weighted by Crippen LogP contribution is 2.37. The second-order valence-electron chi connectivity index (χ2n) is 7.92. The third kappa shape index (κ3) is 5.87. The molecular formula is C27H24N2O5S2. The Bertz CT molecular complexity index is 1380. The molecule has 0 aliphatic carbocycles. The van der Waals surface area contributed by atoms with Crippen LogP contribution in [0, 0.1) is 6.92 Å². The highest BCUT2D eigenvalue weighted by Gasteiger charge is 2.24. The number of rotatable bonds is 8. The number of esters is 1. The van der Waals surface area contributed by atoms with Crippen molar-refractivity contribution in [2.45, 2.75) is 24.0 Å². The molecule has 2 aromatic carbocycles. The number of ether oxygens (including phenoxy) is 1. The minimum Gasteiger partial charge on any atom is -0.465 e. The van der Waals surface area contributed by atoms with E-state index in [-0.39, 0.29) is 17.6 Å². The SMILES string of the molecule is COC(=O)c1c(-c2ccc(C)cc2)csc1NC(=O)C(C)Sc1cccc(NC(=O)c2ccco2)c1. The first kappa shape index (κ1) is 25.3. The van der Waals surface area contributed by atoms with E-state index in [0.717, 1.165) is 16.0 Å². The van der Waals surface area contributed by atoms with Crippen LogP contribution in [0.3, 0.4) is 0 Å². The maximum atomic E-state index is 13.0. The largest absolute Gasteiger partial charge is 0.465 e. The number of hydrogen-bond acceptors (Lipinski definition) is 7. The lowest BCUT2D eigenvalue weighted by Crippen LogP contribution is -2.23. The molecule has 1 atom stereocenters. The molecule has 4 aromatic rings. The van der Waals surface area contributed by atoms with Crippen LogP contribution in [0.4, 0.5) is 10.7 Å². The number of benzene rings is 2. The number of nitrogens with one attached hydrogen (secondary N) is 2. The van der Waals surface area contributed by atoms with Crippen molar-refractivity contribution in [1.29, 1.82) is 0 Å². The molecule has 0 aliphatic rings. The van der Waals surface area contributed by atoms with Gasteiger partial charge in [-0.05, 0) is 49.7 Å². The predicted octanol–water partition coefficient (Wildman–Crippen LogP) is 6.47. The molecule has 1 unspecified atom stereocenters. The molecule has 0 fully saturated rings. The molecule has 2 amide bonds. The van der Waals surface area contributed by atoms with Crippen LogP contribution in [0.15, 0.2) is 81.6 Å². The first-order valence-corrected chi connectivity index (χ1v) is 12.8. The highest BCUT2D eigenvalue weighted by molar-refractivity contribution is 8.00. The van der Waals surface area contributed by atoms with Gasteiger partial charge in [0, 0.05) is 21.5 Å². The fourth-order valence-electron chi connectivity index (χ4n) is 3.42. The van der Waals surface area contributed by atoms with E-state index in [1.807, 2.05) is 42.6 Å². The fourth-order valence-corrected chi connectivity index (χ4v) is 5.31. The normalized spacial score (nSPS) is 11.5. The van der Waals surface area contributed by atoms with Gasteiger partial charge in [-0.1, -0.05) is 35.9 Å². The van der Waals surface area contributed by atoms with Crippen molar-refractivity contribution < 1.29 is 23.5 Å². The lowest BCUT2D eigenvalue weighted by Gasteiger charge is -2.13. The first-order chi connectivity index (χ1) is 17.4. The van der Waals surface area contributed by atoms with Gasteiger partial charge in [0.05, 0.1) is 18.6 Å². The quantitative estimate of drug-likeness (QED) is 0.204. The molecule has 0 aliphatic heterocycles. The minimum atomic E-state index is -0.512. The van der Waals surface area contributed by atoms with Gasteiger partial charge in [0.1, 0.15) is 10.6 Å². The molecule has 2 N–H and O–H groups in total. The van der Waals surface area contributed by atoms with E-state index in [9.17, 15) is 14.4 Å². The molecule has 9 heteroatoms. The Kier molecular flexibility index (Phi) is 7.92. The maximum absolute atomic E-state index is 13.0. The number of hydrogen-bond donors (Lipinski definition) is 2. The average molecular weight is 521 g/mol. The van der Waals surface area contributed by atoms with Gasteiger partial charge >= 0.3 is 5.97 Å². The van der Waals surface area contributed by atoms with Gasteiger partial charge in [0.25, 0.3) is 5.91 Å². The smallest absolute Gasteiger partial charge is 0.341 e. The summed E-state index contributed by atoms with van der Waals surface area (Å²) in [5.74, 6) is -0.913. The summed E-state index contributed by atoms with van der Waals surface area (Å²) in [6.45, 7) is 3.77. The standard InChI is InChI=1S/C27H24N2O5S2/c1-16-9-11-18(12-10-16)21-15-35-26(23(21)27(32)33-3)29-24(30)17(2)36-20-7-4-6-19(14-20)28-25(31)22-8-5-13-34-22/h4-15,17H,1-3H3,(H,28,31)(H,29,30). The van der Waals surface area contributed by atoms with Crippen molar-refractivity contribution in [3.63, 3.8) is 0 Å². The molecule has 36 heavy (non-hydrogen) atoms. The summed E-state index contributed by atoms with van der Waals surface area (Å²) in [5.41, 5.74) is 3.61. The zero-order valence-electron chi connectivity index (χ0n) is 19.9. The molecule has 0 radical (unpaired) electrons. The van der Waals surface area contributed by atoms with Crippen LogP contribution in [0.1, 0.15) is 33.4 Å². The number of carbonyl (C=O) groups excluding carboxylic acids is 3. The Balaban J connectivity index is 1.47. The summed E-state index contributed by atoms with van der Waals surface area (Å²) in [7, 11) is 1.32. The number of amides is 2. The second-order valence-corrected chi connectivity index (χ2v) is 10.2. The van der Waals surface area contributed by atoms with Crippen LogP contribution in [-0.2, 0) is 9.53 Å². The van der Waals surface area contributed by atoms with Crippen LogP contribution in [0.5, 0.6) is 0 Å². The maximum Gasteiger partial charge on any atom is 0.341 e. The molecule has 184 valence electrons. The van der Waals surface area contributed by atoms with E-state index in [1.165, 1.54) is 36.5 Å². The topological polar surface area (TPSA) is 97.6 Å². The van der Waals surface area contributed by atoms with Gasteiger partial charge in [-0.25, -0.2) is 4.79 Å². The summed E-state index contributed by atoms with van der Waals surface area (Å²) >= 11 is 2.62. The van der Waals surface area contributed by atoms with E-state index >= 15 is 0 Å². The summed E-state index contributed by atoms with van der Waals surface area (Å²) in [4.78, 5) is 38.7. The number of thioether (sulfide) groups is 1. The summed E-state index contributed by atoms with van der Waals surface area (Å²) in [6, 6.07) is 18.2. The van der Waals surface area contributed by atoms with Crippen LogP contribution < -0.4 is 10.6 Å². The van der Waals surface area contributed by atoms with E-state index in [4.69, 9.17) is 9.15 Å². The Morgan fingerprint density at radius 2 is 1.81 bits per heavy atom. The third-order valence-electron chi connectivity index (χ3n) is 5.30. The molecule has 7 nitrogen and oxygen atoms in total. The predicted molar refractivity (Wildman–Crippen MR) is 143 cm³/mol. The van der Waals surface area contributed by atoms with E-state index in [1.54, 1.807) is 37.3 Å². The summed E-state index contributed by atoms with van der Waals surface area (Å²) in [6.07, 6.45) is 1.43. The molecule has 2 aromatic heterocycles. The second kappa shape index (κ2) is 11.3. The van der Waals surface area contributed by atoms with Crippen molar-refractivity contribution in [3.8, 4) is 11.1 Å². The van der Waals surface area contributed by atoms with E-state index < -0.39 is 11.2 Å². The number of carbonyl (C=O) groups is 3. The zero-order valence-corrected chi connectivity index (χ0v) is 21.5. The zero-order chi connectivity index (χ0) is 25.7. The number of furan rings is 1. The molecular weight excluding hydrogens is 496 g/mol. The molecule has 0 saturated heterocycles. The molecule has 0 bridgehead atoms. The van der Waals surface area contributed by atoms with Crippen molar-refractivity contribution >= 4 is 51.6 Å². The molecule has 0 saturated carbocycles. The Hall–Kier alpha value is -3.82. The third-order valence-corrected chi connectivity index (χ3v) is 7.29. The van der Waals surface area contributed by atoms with Gasteiger partial charge < -0.3 is 19.8 Å². The number of methoxy groups -OCH3 is 1. The van der Waals surface area contributed by atoms with Crippen molar-refractivity contribution in [3.05, 3.63) is 89.2 Å². The van der Waals surface area contributed by atoms with Crippen LogP contribution >= 0.6 is 23.1 Å². The Morgan fingerprint density at radius 3 is 2.50 bits per heavy atom. The van der Waals surface area contributed by atoms with E-state index in [2.05, 4.69) is 10.6 Å². The van der Waals surface area contributed by atoms with Crippen LogP contribution in [-0.4, -0.2) is 30.1 Å². The van der Waals surface area contributed by atoms with E-state index in [0.29, 0.717) is 21.8 Å². The number of aryl methyl sites for hydroxylation is 1. The summed E-state index contributed by atoms with van der Waals surface area (Å²) < 4.78 is 10.1. The lowest BCUT2D eigenvalue weighted by molar-refractivity contribution is -0.115. The average Bonchev–Trinajstić information content (AvgIpc) is 3.55. The van der Waals surface area contributed by atoms with Gasteiger partial charge in [-0.15, -0.1) is 23.1 Å².